The normalized spacial score (nSPS) is 38.4. The van der Waals surface area contributed by atoms with Crippen LogP contribution >= 0.6 is 7.92 Å². The molecule has 0 aromatic heterocycles. The fraction of sp³-hybridized carbons (Fsp3) is 0.667. The lowest BCUT2D eigenvalue weighted by molar-refractivity contribution is 0.0195. The molecule has 0 saturated heterocycles. The van der Waals surface area contributed by atoms with Crippen LogP contribution in [0.15, 0.2) is 48.5 Å². The minimum Gasteiger partial charge on any atom is -0.334 e. The fourth-order valence-electron chi connectivity index (χ4n) is 12.6. The molecular weight excluding hydrogens is 529 g/mol. The first-order valence-electron chi connectivity index (χ1n) is 17.5. The second kappa shape index (κ2) is 10.2. The Morgan fingerprint density at radius 3 is 1.57 bits per heavy atom. The Balaban J connectivity index is 1.25. The van der Waals surface area contributed by atoms with Gasteiger partial charge in [0.05, 0.1) is 0 Å². The second-order valence-electron chi connectivity index (χ2n) is 16.6. The van der Waals surface area contributed by atoms with Crippen molar-refractivity contribution in [3.8, 4) is 11.1 Å². The number of hydrogen-bond acceptors (Lipinski definition) is 1. The van der Waals surface area contributed by atoms with E-state index in [9.17, 15) is 4.79 Å². The summed E-state index contributed by atoms with van der Waals surface area (Å²) in [6.45, 7) is 8.56. The van der Waals surface area contributed by atoms with Gasteiger partial charge in [-0.25, -0.2) is 0 Å². The summed E-state index contributed by atoms with van der Waals surface area (Å²) in [6.07, 6.45) is 18.2. The molecular formula is C39H52NOP. The van der Waals surface area contributed by atoms with Crippen LogP contribution in [-0.2, 0) is 0 Å². The molecule has 2 aromatic rings. The number of amides is 1. The maximum absolute atomic E-state index is 13.8. The third kappa shape index (κ3) is 4.47. The lowest BCUT2D eigenvalue weighted by Crippen LogP contribution is -2.58. The Morgan fingerprint density at radius 1 is 0.667 bits per heavy atom. The van der Waals surface area contributed by atoms with E-state index in [1.165, 1.54) is 88.2 Å². The SMILES string of the molecule is CC(C)N(C(=O)c1cccc(-c2ccccc2P(C23CC4CC(CC(C4)C2)C3)C23CC4CC(CC(C4)C2)C3)c1)C(C)C. The van der Waals surface area contributed by atoms with Crippen LogP contribution in [-0.4, -0.2) is 33.2 Å². The number of nitrogens with zero attached hydrogens (tertiary/aromatic N) is 1. The molecule has 0 N–H and O–H groups in total. The zero-order valence-electron chi connectivity index (χ0n) is 26.5. The van der Waals surface area contributed by atoms with Crippen LogP contribution in [0.1, 0.15) is 115 Å². The molecule has 0 heterocycles. The molecule has 2 nitrogen and oxygen atoms in total. The van der Waals surface area contributed by atoms with Gasteiger partial charge in [-0.1, -0.05) is 44.3 Å². The Labute approximate surface area is 256 Å². The summed E-state index contributed by atoms with van der Waals surface area (Å²) < 4.78 is 0. The first-order chi connectivity index (χ1) is 20.2. The van der Waals surface area contributed by atoms with E-state index in [-0.39, 0.29) is 25.9 Å². The number of carbonyl (C=O) groups excluding carboxylic acids is 1. The highest BCUT2D eigenvalue weighted by Gasteiger charge is 2.63. The largest absolute Gasteiger partial charge is 0.334 e. The van der Waals surface area contributed by atoms with E-state index in [4.69, 9.17) is 0 Å². The number of rotatable bonds is 7. The summed E-state index contributed by atoms with van der Waals surface area (Å²) in [4.78, 5) is 15.9. The molecule has 42 heavy (non-hydrogen) atoms. The summed E-state index contributed by atoms with van der Waals surface area (Å²) in [6, 6.07) is 18.8. The number of benzene rings is 2. The van der Waals surface area contributed by atoms with Crippen LogP contribution in [0.3, 0.4) is 0 Å². The van der Waals surface area contributed by atoms with Gasteiger partial charge in [0.25, 0.3) is 5.91 Å². The Bertz CT molecular complexity index is 1240. The topological polar surface area (TPSA) is 20.3 Å². The predicted molar refractivity (Wildman–Crippen MR) is 177 cm³/mol. The summed E-state index contributed by atoms with van der Waals surface area (Å²) in [7, 11) is -0.302. The molecule has 0 aliphatic heterocycles. The van der Waals surface area contributed by atoms with Gasteiger partial charge in [0, 0.05) is 17.6 Å². The lowest BCUT2D eigenvalue weighted by Gasteiger charge is -2.67. The molecule has 0 atom stereocenters. The predicted octanol–water partition coefficient (Wildman–Crippen LogP) is 9.66. The molecule has 8 fully saturated rings. The average Bonchev–Trinajstić information content (AvgIpc) is 2.91. The van der Waals surface area contributed by atoms with Crippen molar-refractivity contribution in [1.82, 2.24) is 4.90 Å². The lowest BCUT2D eigenvalue weighted by atomic mass is 9.55. The quantitative estimate of drug-likeness (QED) is 0.298. The Kier molecular flexibility index (Phi) is 6.76. The van der Waals surface area contributed by atoms with Crippen LogP contribution in [0.25, 0.3) is 11.1 Å². The number of carbonyl (C=O) groups is 1. The Hall–Kier alpha value is -1.66. The first kappa shape index (κ1) is 27.9. The van der Waals surface area contributed by atoms with Crippen molar-refractivity contribution >= 4 is 19.1 Å². The molecule has 0 unspecified atom stereocenters. The van der Waals surface area contributed by atoms with Gasteiger partial charge < -0.3 is 4.90 Å². The third-order valence-electron chi connectivity index (χ3n) is 12.9. The summed E-state index contributed by atoms with van der Waals surface area (Å²) in [5, 5.41) is 2.81. The minimum absolute atomic E-state index is 0.170. The zero-order valence-corrected chi connectivity index (χ0v) is 27.4. The van der Waals surface area contributed by atoms with Crippen LogP contribution in [0, 0.1) is 35.5 Å². The molecule has 8 saturated carbocycles. The number of hydrogen-bond donors (Lipinski definition) is 0. The van der Waals surface area contributed by atoms with Crippen molar-refractivity contribution in [3.63, 3.8) is 0 Å². The highest BCUT2D eigenvalue weighted by atomic mass is 31.1. The summed E-state index contributed by atoms with van der Waals surface area (Å²) in [5.74, 6) is 6.09. The maximum Gasteiger partial charge on any atom is 0.254 e. The van der Waals surface area contributed by atoms with Gasteiger partial charge in [-0.05, 0) is 179 Å². The molecule has 8 aliphatic carbocycles. The molecule has 2 aromatic carbocycles. The van der Waals surface area contributed by atoms with Crippen LogP contribution in [0.5, 0.6) is 0 Å². The standard InChI is InChI=1S/C39H52NOP/c1-25(2)40(26(3)4)37(41)34-9-7-8-33(18-34)35-10-5-6-11-36(35)42(38-19-27-12-28(20-38)14-29(13-27)21-38)39-22-30-15-31(23-39)17-32(16-30)24-39/h5-11,18,25-32H,12-17,19-24H2,1-4H3. The van der Waals surface area contributed by atoms with Crippen molar-refractivity contribution in [2.24, 2.45) is 35.5 Å². The maximum atomic E-state index is 13.8. The minimum atomic E-state index is -0.302. The van der Waals surface area contributed by atoms with E-state index in [2.05, 4.69) is 70.2 Å². The van der Waals surface area contributed by atoms with E-state index in [1.807, 2.05) is 11.0 Å². The van der Waals surface area contributed by atoms with Gasteiger partial charge in [-0.3, -0.25) is 4.79 Å². The fourth-order valence-corrected chi connectivity index (χ4v) is 18.0. The van der Waals surface area contributed by atoms with E-state index < -0.39 is 0 Å². The van der Waals surface area contributed by atoms with Crippen LogP contribution in [0.4, 0.5) is 0 Å². The van der Waals surface area contributed by atoms with Crippen molar-refractivity contribution in [2.75, 3.05) is 0 Å². The van der Waals surface area contributed by atoms with Crippen LogP contribution < -0.4 is 5.30 Å². The van der Waals surface area contributed by atoms with E-state index in [1.54, 1.807) is 5.30 Å². The van der Waals surface area contributed by atoms with Gasteiger partial charge in [0.1, 0.15) is 0 Å². The Morgan fingerprint density at radius 2 is 1.12 bits per heavy atom. The second-order valence-corrected chi connectivity index (χ2v) is 19.7. The monoisotopic (exact) mass is 581 g/mol. The highest BCUT2D eigenvalue weighted by Crippen LogP contribution is 2.78. The van der Waals surface area contributed by atoms with Gasteiger partial charge >= 0.3 is 0 Å². The summed E-state index contributed by atoms with van der Waals surface area (Å²) >= 11 is 0. The van der Waals surface area contributed by atoms with Crippen molar-refractivity contribution < 1.29 is 4.79 Å². The van der Waals surface area contributed by atoms with Crippen molar-refractivity contribution in [1.29, 1.82) is 0 Å². The smallest absolute Gasteiger partial charge is 0.254 e. The van der Waals surface area contributed by atoms with E-state index >= 15 is 0 Å². The molecule has 8 aliphatic rings. The molecule has 0 spiro atoms. The van der Waals surface area contributed by atoms with Crippen molar-refractivity contribution in [2.45, 2.75) is 127 Å². The molecule has 224 valence electrons. The van der Waals surface area contributed by atoms with E-state index in [0.717, 1.165) is 41.1 Å². The van der Waals surface area contributed by atoms with Gasteiger partial charge in [0.2, 0.25) is 0 Å². The van der Waals surface area contributed by atoms with E-state index in [0.29, 0.717) is 10.3 Å². The average molecular weight is 582 g/mol. The summed E-state index contributed by atoms with van der Waals surface area (Å²) in [5.41, 5.74) is 3.56. The highest BCUT2D eigenvalue weighted by molar-refractivity contribution is 7.69. The third-order valence-corrected chi connectivity index (χ3v) is 16.7. The first-order valence-corrected chi connectivity index (χ1v) is 18.9. The van der Waals surface area contributed by atoms with Crippen molar-refractivity contribution in [3.05, 3.63) is 54.1 Å². The molecule has 10 rings (SSSR count). The molecule has 8 bridgehead atoms. The van der Waals surface area contributed by atoms with Gasteiger partial charge in [0.15, 0.2) is 0 Å². The molecule has 1 amide bonds. The van der Waals surface area contributed by atoms with Gasteiger partial charge in [-0.15, -0.1) is 0 Å². The zero-order chi connectivity index (χ0) is 28.8. The molecule has 3 heteroatoms. The van der Waals surface area contributed by atoms with Crippen LogP contribution in [0.2, 0.25) is 0 Å². The van der Waals surface area contributed by atoms with Gasteiger partial charge in [-0.2, -0.15) is 0 Å². The molecule has 0 radical (unpaired) electrons.